The van der Waals surface area contributed by atoms with Gasteiger partial charge in [0, 0.05) is 42.0 Å². The third-order valence-electron chi connectivity index (χ3n) is 8.55. The van der Waals surface area contributed by atoms with Gasteiger partial charge in [0.1, 0.15) is 11.6 Å². The van der Waals surface area contributed by atoms with Crippen LogP contribution in [0.15, 0.2) is 65.6 Å². The van der Waals surface area contributed by atoms with Crippen LogP contribution < -0.4 is 21.5 Å². The second-order valence-corrected chi connectivity index (χ2v) is 13.1. The summed E-state index contributed by atoms with van der Waals surface area (Å²) in [5.41, 5.74) is 9.95. The van der Waals surface area contributed by atoms with Crippen LogP contribution in [0.3, 0.4) is 0 Å². The van der Waals surface area contributed by atoms with Gasteiger partial charge in [0.2, 0.25) is 11.8 Å². The molecule has 242 valence electrons. The molecule has 0 spiro atoms. The van der Waals surface area contributed by atoms with Crippen molar-refractivity contribution in [3.63, 3.8) is 0 Å². The molecular weight excluding hydrogens is 584 g/mol. The third-order valence-corrected chi connectivity index (χ3v) is 8.55. The molecule has 2 heterocycles. The van der Waals surface area contributed by atoms with Crippen LogP contribution in [0, 0.1) is 18.8 Å². The van der Waals surface area contributed by atoms with Crippen molar-refractivity contribution in [2.24, 2.45) is 17.6 Å². The zero-order valence-corrected chi connectivity index (χ0v) is 26.8. The lowest BCUT2D eigenvalue weighted by Crippen LogP contribution is -2.52. The van der Waals surface area contributed by atoms with Crippen molar-refractivity contribution in [1.82, 2.24) is 20.5 Å². The predicted molar refractivity (Wildman–Crippen MR) is 177 cm³/mol. The van der Waals surface area contributed by atoms with Crippen LogP contribution in [-0.2, 0) is 20.7 Å². The molecule has 1 aliphatic carbocycles. The summed E-state index contributed by atoms with van der Waals surface area (Å²) in [5, 5.41) is 8.71. The monoisotopic (exact) mass is 626 g/mol. The summed E-state index contributed by atoms with van der Waals surface area (Å²) in [7, 11) is 0. The number of primary amides is 1. The fraction of sp³-hybridized carbons (Fsp3) is 0.400. The summed E-state index contributed by atoms with van der Waals surface area (Å²) in [4.78, 5) is 57.7. The number of nitrogens with two attached hydrogens (primary N) is 1. The number of nitrogens with one attached hydrogen (secondary N) is 3. The van der Waals surface area contributed by atoms with Gasteiger partial charge in [-0.1, -0.05) is 30.3 Å². The van der Waals surface area contributed by atoms with E-state index < -0.39 is 23.6 Å². The Hall–Kier alpha value is -4.93. The van der Waals surface area contributed by atoms with Gasteiger partial charge >= 0.3 is 6.09 Å². The maximum atomic E-state index is 14.3. The average Bonchev–Trinajstić information content (AvgIpc) is 3.39. The predicted octanol–water partition coefficient (Wildman–Crippen LogP) is 4.99. The van der Waals surface area contributed by atoms with E-state index in [1.807, 2.05) is 64.1 Å². The van der Waals surface area contributed by atoms with Crippen molar-refractivity contribution in [3.8, 4) is 11.1 Å². The maximum absolute atomic E-state index is 14.3. The fourth-order valence-electron chi connectivity index (χ4n) is 6.14. The number of rotatable bonds is 9. The molecule has 5 rings (SSSR count). The Morgan fingerprint density at radius 2 is 1.76 bits per heavy atom. The molecule has 11 nitrogen and oxygen atoms in total. The molecule has 1 fully saturated rings. The first-order valence-corrected chi connectivity index (χ1v) is 15.7. The Bertz CT molecular complexity index is 1760. The number of hydrogen-bond donors (Lipinski definition) is 4. The highest BCUT2D eigenvalue weighted by molar-refractivity contribution is 6.03. The molecular formula is C35H42N6O5. The molecule has 2 aromatic carbocycles. The molecule has 5 N–H and O–H groups in total. The van der Waals surface area contributed by atoms with Crippen molar-refractivity contribution < 1.29 is 19.1 Å². The average molecular weight is 627 g/mol. The Morgan fingerprint density at radius 1 is 1.04 bits per heavy atom. The van der Waals surface area contributed by atoms with Gasteiger partial charge in [0.05, 0.1) is 10.9 Å². The van der Waals surface area contributed by atoms with E-state index in [2.05, 4.69) is 20.5 Å². The summed E-state index contributed by atoms with van der Waals surface area (Å²) in [6.45, 7) is 7.87. The lowest BCUT2D eigenvalue weighted by atomic mass is 9.81. The summed E-state index contributed by atoms with van der Waals surface area (Å²) >= 11 is 0. The topological polar surface area (TPSA) is 163 Å². The van der Waals surface area contributed by atoms with Crippen LogP contribution in [0.1, 0.15) is 57.7 Å². The normalized spacial score (nSPS) is 17.3. The number of alkyl carbamates (subject to hydrolysis) is 1. The lowest BCUT2D eigenvalue weighted by Gasteiger charge is -2.36. The highest BCUT2D eigenvalue weighted by Gasteiger charge is 2.36. The first kappa shape index (κ1) is 32.5. The Kier molecular flexibility index (Phi) is 9.60. The van der Waals surface area contributed by atoms with Gasteiger partial charge in [-0.05, 0) is 94.7 Å². The number of amides is 3. The van der Waals surface area contributed by atoms with Gasteiger partial charge in [-0.2, -0.15) is 0 Å². The highest BCUT2D eigenvalue weighted by Crippen LogP contribution is 2.33. The van der Waals surface area contributed by atoms with E-state index >= 15 is 0 Å². The Balaban J connectivity index is 1.37. The Labute approximate surface area is 267 Å². The minimum Gasteiger partial charge on any atom is -0.444 e. The van der Waals surface area contributed by atoms with Gasteiger partial charge in [-0.25, -0.2) is 4.79 Å². The van der Waals surface area contributed by atoms with E-state index in [4.69, 9.17) is 10.5 Å². The quantitative estimate of drug-likeness (QED) is 0.205. The van der Waals surface area contributed by atoms with Crippen molar-refractivity contribution in [3.05, 3.63) is 82.4 Å². The number of nitrogens with zero attached hydrogens (tertiary/aromatic N) is 2. The number of benzene rings is 2. The molecule has 2 aromatic heterocycles. The maximum Gasteiger partial charge on any atom is 0.407 e. The summed E-state index contributed by atoms with van der Waals surface area (Å²) < 4.78 is 5.35. The van der Waals surface area contributed by atoms with E-state index in [1.165, 1.54) is 4.90 Å². The van der Waals surface area contributed by atoms with Crippen LogP contribution >= 0.6 is 0 Å². The molecule has 1 atom stereocenters. The van der Waals surface area contributed by atoms with Gasteiger partial charge in [0.25, 0.3) is 5.56 Å². The van der Waals surface area contributed by atoms with E-state index in [-0.39, 0.29) is 29.7 Å². The molecule has 1 aliphatic rings. The molecule has 0 aliphatic heterocycles. The number of carbonyl (C=O) groups excluding carboxylic acids is 3. The van der Waals surface area contributed by atoms with Crippen LogP contribution in [-0.4, -0.2) is 51.3 Å². The molecule has 0 unspecified atom stereocenters. The van der Waals surface area contributed by atoms with Crippen molar-refractivity contribution in [2.45, 2.75) is 71.4 Å². The van der Waals surface area contributed by atoms with E-state index in [9.17, 15) is 19.2 Å². The van der Waals surface area contributed by atoms with Crippen LogP contribution in [0.2, 0.25) is 0 Å². The molecule has 0 saturated heterocycles. The molecule has 0 radical (unpaired) electrons. The zero-order valence-electron chi connectivity index (χ0n) is 26.8. The number of aromatic amines is 2. The molecule has 0 bridgehead atoms. The standard InChI is InChI=1S/C35H42N6O5/c1-21-27(6-5-17-37-21)24-11-7-22(8-12-24)18-30(31(36)42)41(26-15-16-28-29(19-26)39-40-32(28)43)33(44)25-13-9-23(10-14-25)20-38-34(45)46-35(2,3)4/h5-8,11-12,15-17,19,23,25,30H,9-10,13-14,18,20H2,1-4H3,(H2,36,42)(H,38,45)(H2,39,40,43)/t23?,25?,30-/m0/s1. The van der Waals surface area contributed by atoms with Crippen molar-refractivity contribution >= 4 is 34.5 Å². The first-order valence-electron chi connectivity index (χ1n) is 15.7. The van der Waals surface area contributed by atoms with Crippen LogP contribution in [0.5, 0.6) is 0 Å². The second-order valence-electron chi connectivity index (χ2n) is 13.1. The third kappa shape index (κ3) is 7.64. The number of hydrogen-bond acceptors (Lipinski definition) is 6. The summed E-state index contributed by atoms with van der Waals surface area (Å²) in [5.74, 6) is -0.947. The number of anilines is 1. The SMILES string of the molecule is Cc1ncccc1-c1ccc(C[C@@H](C(N)=O)N(C(=O)C2CCC(CNC(=O)OC(C)(C)C)CC2)c2ccc3c(=O)[nH][nH]c3c2)cc1. The molecule has 11 heteroatoms. The highest BCUT2D eigenvalue weighted by atomic mass is 16.6. The van der Waals surface area contributed by atoms with E-state index in [1.54, 1.807) is 24.4 Å². The fourth-order valence-corrected chi connectivity index (χ4v) is 6.14. The number of carbonyl (C=O) groups is 3. The van der Waals surface area contributed by atoms with Crippen molar-refractivity contribution in [1.29, 1.82) is 0 Å². The minimum absolute atomic E-state index is 0.192. The molecule has 46 heavy (non-hydrogen) atoms. The molecule has 1 saturated carbocycles. The lowest BCUT2D eigenvalue weighted by molar-refractivity contribution is -0.127. The number of aryl methyl sites for hydroxylation is 1. The second kappa shape index (κ2) is 13.6. The molecule has 4 aromatic rings. The smallest absolute Gasteiger partial charge is 0.407 e. The summed E-state index contributed by atoms with van der Waals surface area (Å²) in [6.07, 6.45) is 4.19. The number of H-pyrrole nitrogens is 2. The van der Waals surface area contributed by atoms with Crippen LogP contribution in [0.25, 0.3) is 22.0 Å². The zero-order chi connectivity index (χ0) is 33.0. The van der Waals surface area contributed by atoms with Gasteiger partial charge in [-0.3, -0.25) is 34.5 Å². The summed E-state index contributed by atoms with van der Waals surface area (Å²) in [6, 6.07) is 15.8. The van der Waals surface area contributed by atoms with E-state index in [0.29, 0.717) is 36.0 Å². The number of pyridine rings is 1. The van der Waals surface area contributed by atoms with Gasteiger partial charge in [-0.15, -0.1) is 0 Å². The van der Waals surface area contributed by atoms with Gasteiger partial charge in [0.15, 0.2) is 0 Å². The largest absolute Gasteiger partial charge is 0.444 e. The number of fused-ring (bicyclic) bond motifs is 1. The van der Waals surface area contributed by atoms with Gasteiger partial charge < -0.3 is 15.8 Å². The Morgan fingerprint density at radius 3 is 2.41 bits per heavy atom. The number of aromatic nitrogens is 3. The molecule has 3 amide bonds. The number of ether oxygens (including phenoxy) is 1. The van der Waals surface area contributed by atoms with Crippen molar-refractivity contribution in [2.75, 3.05) is 11.4 Å². The van der Waals surface area contributed by atoms with Crippen LogP contribution in [0.4, 0.5) is 10.5 Å². The minimum atomic E-state index is -0.965. The van der Waals surface area contributed by atoms with E-state index in [0.717, 1.165) is 35.2 Å². The first-order chi connectivity index (χ1) is 21.9.